The molecule has 0 spiro atoms. The zero-order valence-corrected chi connectivity index (χ0v) is 8.16. The lowest BCUT2D eigenvalue weighted by Gasteiger charge is -2.34. The van der Waals surface area contributed by atoms with Gasteiger partial charge in [-0.05, 0) is 12.8 Å². The molecule has 1 fully saturated rings. The molecule has 0 heterocycles. The number of carbonyl (C=O) groups excluding carboxylic acids is 1. The Balaban J connectivity index is 2.13. The number of aliphatic carboxylic acids is 1. The molecule has 2 unspecified atom stereocenters. The third kappa shape index (κ3) is 2.70. The van der Waals surface area contributed by atoms with Crippen molar-refractivity contribution >= 4 is 11.9 Å². The van der Waals surface area contributed by atoms with E-state index in [1.54, 1.807) is 0 Å². The number of nitrogens with one attached hydrogen (secondary N) is 1. The molecule has 2 atom stereocenters. The van der Waals surface area contributed by atoms with E-state index in [0.717, 1.165) is 12.8 Å². The average molecular weight is 201 g/mol. The lowest BCUT2D eigenvalue weighted by atomic mass is 9.79. The molecule has 0 aliphatic heterocycles. The molecule has 1 aliphatic rings. The second kappa shape index (κ2) is 4.95. The van der Waals surface area contributed by atoms with E-state index in [2.05, 4.69) is 10.1 Å². The molecule has 0 aromatic carbocycles. The van der Waals surface area contributed by atoms with Crippen LogP contribution in [0.3, 0.4) is 0 Å². The van der Waals surface area contributed by atoms with Crippen LogP contribution in [0.2, 0.25) is 0 Å². The first-order valence-electron chi connectivity index (χ1n) is 4.68. The van der Waals surface area contributed by atoms with Crippen LogP contribution in [0, 0.1) is 5.92 Å². The molecule has 1 aliphatic carbocycles. The van der Waals surface area contributed by atoms with Crippen molar-refractivity contribution in [1.29, 1.82) is 0 Å². The van der Waals surface area contributed by atoms with E-state index in [-0.39, 0.29) is 17.9 Å². The van der Waals surface area contributed by atoms with Crippen molar-refractivity contribution in [2.75, 3.05) is 13.7 Å². The fourth-order valence-corrected chi connectivity index (χ4v) is 1.50. The highest BCUT2D eigenvalue weighted by Crippen LogP contribution is 2.27. The third-order valence-corrected chi connectivity index (χ3v) is 2.55. The molecular formula is C9H15NO4. The van der Waals surface area contributed by atoms with Gasteiger partial charge in [0.05, 0.1) is 19.4 Å². The second-order valence-corrected chi connectivity index (χ2v) is 3.41. The Hall–Kier alpha value is -1.10. The summed E-state index contributed by atoms with van der Waals surface area (Å²) in [4.78, 5) is 21.4. The highest BCUT2D eigenvalue weighted by atomic mass is 16.5. The monoisotopic (exact) mass is 201 g/mol. The number of esters is 1. The summed E-state index contributed by atoms with van der Waals surface area (Å²) >= 11 is 0. The van der Waals surface area contributed by atoms with Gasteiger partial charge in [0.2, 0.25) is 0 Å². The van der Waals surface area contributed by atoms with Gasteiger partial charge < -0.3 is 15.2 Å². The van der Waals surface area contributed by atoms with E-state index in [4.69, 9.17) is 5.11 Å². The number of carbonyl (C=O) groups is 2. The quantitative estimate of drug-likeness (QED) is 0.612. The summed E-state index contributed by atoms with van der Waals surface area (Å²) in [6, 6.07) is 0.0251. The van der Waals surface area contributed by atoms with Gasteiger partial charge in [-0.1, -0.05) is 0 Å². The maximum absolute atomic E-state index is 10.7. The minimum atomic E-state index is -0.758. The fourth-order valence-electron chi connectivity index (χ4n) is 1.50. The normalized spacial score (nSPS) is 25.2. The Bertz CT molecular complexity index is 229. The Kier molecular flexibility index (Phi) is 3.88. The standard InChI is InChI=1S/C9H15NO4/c1-14-8(11)4-5-10-7-3-2-6(7)9(12)13/h6-7,10H,2-5H2,1H3,(H,12,13). The largest absolute Gasteiger partial charge is 0.481 e. The SMILES string of the molecule is COC(=O)CCNC1CCC1C(=O)O. The third-order valence-electron chi connectivity index (χ3n) is 2.55. The molecule has 14 heavy (non-hydrogen) atoms. The van der Waals surface area contributed by atoms with Crippen molar-refractivity contribution < 1.29 is 19.4 Å². The molecule has 1 saturated carbocycles. The first kappa shape index (κ1) is 11.0. The van der Waals surface area contributed by atoms with Gasteiger partial charge in [0.25, 0.3) is 0 Å². The Morgan fingerprint density at radius 2 is 2.21 bits per heavy atom. The number of carboxylic acid groups (broad SMARTS) is 1. The Morgan fingerprint density at radius 3 is 2.64 bits per heavy atom. The fraction of sp³-hybridized carbons (Fsp3) is 0.778. The van der Waals surface area contributed by atoms with E-state index in [9.17, 15) is 9.59 Å². The molecule has 0 aromatic heterocycles. The van der Waals surface area contributed by atoms with E-state index >= 15 is 0 Å². The second-order valence-electron chi connectivity index (χ2n) is 3.41. The van der Waals surface area contributed by atoms with Crippen LogP contribution in [0.1, 0.15) is 19.3 Å². The van der Waals surface area contributed by atoms with Gasteiger partial charge in [0.1, 0.15) is 0 Å². The Labute approximate surface area is 82.4 Å². The first-order valence-corrected chi connectivity index (χ1v) is 4.68. The van der Waals surface area contributed by atoms with Crippen molar-refractivity contribution in [3.63, 3.8) is 0 Å². The van der Waals surface area contributed by atoms with Crippen LogP contribution >= 0.6 is 0 Å². The summed E-state index contributed by atoms with van der Waals surface area (Å²) in [5.74, 6) is -1.32. The zero-order valence-electron chi connectivity index (χ0n) is 8.16. The summed E-state index contributed by atoms with van der Waals surface area (Å²) in [7, 11) is 1.34. The van der Waals surface area contributed by atoms with Gasteiger partial charge in [-0.3, -0.25) is 9.59 Å². The van der Waals surface area contributed by atoms with E-state index in [1.165, 1.54) is 7.11 Å². The van der Waals surface area contributed by atoms with Crippen molar-refractivity contribution in [2.45, 2.75) is 25.3 Å². The molecule has 0 aromatic rings. The predicted octanol–water partition coefficient (Wildman–Crippen LogP) is 0.00230. The van der Waals surface area contributed by atoms with Crippen LogP contribution < -0.4 is 5.32 Å². The molecular weight excluding hydrogens is 186 g/mol. The highest BCUT2D eigenvalue weighted by molar-refractivity contribution is 5.72. The Morgan fingerprint density at radius 1 is 1.50 bits per heavy atom. The van der Waals surface area contributed by atoms with Crippen LogP contribution in [0.4, 0.5) is 0 Å². The molecule has 1 rings (SSSR count). The van der Waals surface area contributed by atoms with Crippen molar-refractivity contribution in [1.82, 2.24) is 5.32 Å². The maximum atomic E-state index is 10.7. The lowest BCUT2D eigenvalue weighted by molar-refractivity contribution is -0.146. The van der Waals surface area contributed by atoms with Gasteiger partial charge in [0.15, 0.2) is 0 Å². The molecule has 2 N–H and O–H groups in total. The number of rotatable bonds is 5. The van der Waals surface area contributed by atoms with E-state index in [0.29, 0.717) is 13.0 Å². The van der Waals surface area contributed by atoms with Crippen LogP contribution in [0.25, 0.3) is 0 Å². The van der Waals surface area contributed by atoms with Crippen molar-refractivity contribution in [3.05, 3.63) is 0 Å². The molecule has 0 saturated heterocycles. The topological polar surface area (TPSA) is 75.6 Å². The maximum Gasteiger partial charge on any atom is 0.308 e. The molecule has 0 amide bonds. The van der Waals surface area contributed by atoms with Crippen LogP contribution in [-0.2, 0) is 14.3 Å². The lowest BCUT2D eigenvalue weighted by Crippen LogP contribution is -2.48. The molecule has 0 bridgehead atoms. The van der Waals surface area contributed by atoms with Gasteiger partial charge in [-0.25, -0.2) is 0 Å². The van der Waals surface area contributed by atoms with Crippen LogP contribution in [0.5, 0.6) is 0 Å². The molecule has 0 radical (unpaired) electrons. The molecule has 80 valence electrons. The minimum Gasteiger partial charge on any atom is -0.481 e. The summed E-state index contributed by atoms with van der Waals surface area (Å²) in [6.45, 7) is 0.487. The summed E-state index contributed by atoms with van der Waals surface area (Å²) in [5, 5.41) is 11.8. The number of hydrogen-bond donors (Lipinski definition) is 2. The molecule has 5 nitrogen and oxygen atoms in total. The predicted molar refractivity (Wildman–Crippen MR) is 48.8 cm³/mol. The zero-order chi connectivity index (χ0) is 10.6. The van der Waals surface area contributed by atoms with Gasteiger partial charge in [-0.2, -0.15) is 0 Å². The number of ether oxygens (including phenoxy) is 1. The summed E-state index contributed by atoms with van der Waals surface area (Å²) in [5.41, 5.74) is 0. The summed E-state index contributed by atoms with van der Waals surface area (Å²) in [6.07, 6.45) is 1.89. The van der Waals surface area contributed by atoms with Gasteiger partial charge in [-0.15, -0.1) is 0 Å². The van der Waals surface area contributed by atoms with Crippen LogP contribution in [0.15, 0.2) is 0 Å². The van der Waals surface area contributed by atoms with Gasteiger partial charge in [0, 0.05) is 12.6 Å². The van der Waals surface area contributed by atoms with Crippen molar-refractivity contribution in [3.8, 4) is 0 Å². The van der Waals surface area contributed by atoms with E-state index < -0.39 is 5.97 Å². The number of methoxy groups -OCH3 is 1. The smallest absolute Gasteiger partial charge is 0.308 e. The first-order chi connectivity index (χ1) is 6.65. The number of carboxylic acids is 1. The minimum absolute atomic E-state index is 0.0251. The highest BCUT2D eigenvalue weighted by Gasteiger charge is 2.35. The van der Waals surface area contributed by atoms with E-state index in [1.807, 2.05) is 0 Å². The molecule has 5 heteroatoms. The number of hydrogen-bond acceptors (Lipinski definition) is 4. The van der Waals surface area contributed by atoms with Gasteiger partial charge >= 0.3 is 11.9 Å². The van der Waals surface area contributed by atoms with Crippen molar-refractivity contribution in [2.24, 2.45) is 5.92 Å². The average Bonchev–Trinajstić information content (AvgIpc) is 2.08. The van der Waals surface area contributed by atoms with Crippen LogP contribution in [-0.4, -0.2) is 36.7 Å². The summed E-state index contributed by atoms with van der Waals surface area (Å²) < 4.78 is 4.46.